The molecule has 2 aromatic carbocycles. The smallest absolute Gasteiger partial charge is 0.243 e. The first-order valence-corrected chi connectivity index (χ1v) is 10.5. The van der Waals surface area contributed by atoms with Gasteiger partial charge in [-0.2, -0.15) is 4.31 Å². The summed E-state index contributed by atoms with van der Waals surface area (Å²) in [5.41, 5.74) is 0. The van der Waals surface area contributed by atoms with Gasteiger partial charge in [-0.15, -0.1) is 0 Å². The van der Waals surface area contributed by atoms with E-state index in [0.717, 1.165) is 31.4 Å². The van der Waals surface area contributed by atoms with Crippen LogP contribution in [-0.4, -0.2) is 39.0 Å². The summed E-state index contributed by atoms with van der Waals surface area (Å²) in [5, 5.41) is 0. The van der Waals surface area contributed by atoms with Crippen molar-refractivity contribution in [2.24, 2.45) is 0 Å². The van der Waals surface area contributed by atoms with Gasteiger partial charge in [0.05, 0.1) is 18.1 Å². The number of piperidine rings is 1. The first-order valence-electron chi connectivity index (χ1n) is 9.07. The number of ether oxygens (including phenoxy) is 2. The molecule has 0 unspecified atom stereocenters. The van der Waals surface area contributed by atoms with E-state index in [9.17, 15) is 8.42 Å². The second kappa shape index (κ2) is 9.05. The molecule has 6 heteroatoms. The van der Waals surface area contributed by atoms with Crippen molar-refractivity contribution >= 4 is 10.0 Å². The van der Waals surface area contributed by atoms with E-state index in [-0.39, 0.29) is 0 Å². The second-order valence-electron chi connectivity index (χ2n) is 6.30. The summed E-state index contributed by atoms with van der Waals surface area (Å²) in [6, 6.07) is 16.3. The molecule has 0 saturated carbocycles. The molecule has 0 amide bonds. The third-order valence-corrected chi connectivity index (χ3v) is 6.26. The van der Waals surface area contributed by atoms with Gasteiger partial charge in [0.1, 0.15) is 11.5 Å². The predicted molar refractivity (Wildman–Crippen MR) is 101 cm³/mol. The Morgan fingerprint density at radius 3 is 1.96 bits per heavy atom. The number of hydrogen-bond acceptors (Lipinski definition) is 4. The fourth-order valence-corrected chi connectivity index (χ4v) is 4.43. The van der Waals surface area contributed by atoms with E-state index in [0.29, 0.717) is 36.9 Å². The molecule has 0 bridgehead atoms. The molecule has 1 fully saturated rings. The van der Waals surface area contributed by atoms with E-state index in [1.165, 1.54) is 0 Å². The summed E-state index contributed by atoms with van der Waals surface area (Å²) in [6.07, 6.45) is 3.73. The Bertz CT molecular complexity index is 769. The van der Waals surface area contributed by atoms with Crippen LogP contribution < -0.4 is 9.47 Å². The molecule has 1 aliphatic heterocycles. The molecule has 0 N–H and O–H groups in total. The summed E-state index contributed by atoms with van der Waals surface area (Å²) >= 11 is 0. The monoisotopic (exact) mass is 375 g/mol. The largest absolute Gasteiger partial charge is 0.493 e. The van der Waals surface area contributed by atoms with Gasteiger partial charge in [-0.3, -0.25) is 0 Å². The van der Waals surface area contributed by atoms with Crippen molar-refractivity contribution in [1.82, 2.24) is 4.31 Å². The van der Waals surface area contributed by atoms with Crippen LogP contribution in [0.15, 0.2) is 59.5 Å². The zero-order valence-electron chi connectivity index (χ0n) is 14.8. The number of nitrogens with zero attached hydrogens (tertiary/aromatic N) is 1. The number of rotatable bonds is 8. The lowest BCUT2D eigenvalue weighted by Gasteiger charge is -2.25. The number of benzene rings is 2. The van der Waals surface area contributed by atoms with Gasteiger partial charge >= 0.3 is 0 Å². The lowest BCUT2D eigenvalue weighted by molar-refractivity contribution is 0.247. The van der Waals surface area contributed by atoms with Gasteiger partial charge < -0.3 is 9.47 Å². The Hall–Kier alpha value is -2.05. The Morgan fingerprint density at radius 1 is 0.769 bits per heavy atom. The minimum Gasteiger partial charge on any atom is -0.493 e. The van der Waals surface area contributed by atoms with Gasteiger partial charge in [-0.05, 0) is 49.2 Å². The number of para-hydroxylation sites is 1. The van der Waals surface area contributed by atoms with Crippen molar-refractivity contribution in [3.05, 3.63) is 54.6 Å². The molecule has 1 aliphatic rings. The average molecular weight is 375 g/mol. The molecule has 0 atom stereocenters. The fourth-order valence-electron chi connectivity index (χ4n) is 2.92. The molecular weight excluding hydrogens is 350 g/mol. The third-order valence-electron chi connectivity index (χ3n) is 4.35. The molecule has 0 aliphatic carbocycles. The average Bonchev–Trinajstić information content (AvgIpc) is 2.69. The number of sulfonamides is 1. The van der Waals surface area contributed by atoms with Gasteiger partial charge in [-0.25, -0.2) is 8.42 Å². The Balaban J connectivity index is 1.45. The minimum absolute atomic E-state index is 0.333. The van der Waals surface area contributed by atoms with Crippen molar-refractivity contribution in [3.63, 3.8) is 0 Å². The molecule has 26 heavy (non-hydrogen) atoms. The van der Waals surface area contributed by atoms with Gasteiger partial charge in [0.15, 0.2) is 0 Å². The maximum absolute atomic E-state index is 12.6. The molecule has 140 valence electrons. The van der Waals surface area contributed by atoms with Crippen LogP contribution in [-0.2, 0) is 10.0 Å². The summed E-state index contributed by atoms with van der Waals surface area (Å²) in [7, 11) is -3.38. The zero-order chi connectivity index (χ0) is 18.2. The normalized spacial score (nSPS) is 15.5. The number of hydrogen-bond donors (Lipinski definition) is 0. The van der Waals surface area contributed by atoms with Gasteiger partial charge in [0.2, 0.25) is 10.0 Å². The van der Waals surface area contributed by atoms with E-state index in [4.69, 9.17) is 9.47 Å². The van der Waals surface area contributed by atoms with Gasteiger partial charge in [0, 0.05) is 19.5 Å². The molecule has 0 spiro atoms. The van der Waals surface area contributed by atoms with Crippen LogP contribution in [0.2, 0.25) is 0 Å². The molecule has 5 nitrogen and oxygen atoms in total. The summed E-state index contributed by atoms with van der Waals surface area (Å²) in [5.74, 6) is 1.52. The molecule has 1 heterocycles. The Morgan fingerprint density at radius 2 is 1.35 bits per heavy atom. The minimum atomic E-state index is -3.38. The highest BCUT2D eigenvalue weighted by molar-refractivity contribution is 7.89. The van der Waals surface area contributed by atoms with Crippen molar-refractivity contribution in [3.8, 4) is 11.5 Å². The summed E-state index contributed by atoms with van der Waals surface area (Å²) < 4.78 is 38.1. The predicted octanol–water partition coefficient (Wildman–Crippen LogP) is 3.71. The summed E-state index contributed by atoms with van der Waals surface area (Å²) in [6.45, 7) is 2.32. The first-order chi connectivity index (χ1) is 12.7. The van der Waals surface area contributed by atoms with Crippen LogP contribution in [0.3, 0.4) is 0 Å². The highest BCUT2D eigenvalue weighted by Crippen LogP contribution is 2.22. The zero-order valence-corrected chi connectivity index (χ0v) is 15.7. The molecule has 0 aromatic heterocycles. The lowest BCUT2D eigenvalue weighted by Crippen LogP contribution is -2.35. The second-order valence-corrected chi connectivity index (χ2v) is 8.24. The van der Waals surface area contributed by atoms with Crippen LogP contribution in [0.5, 0.6) is 11.5 Å². The SMILES string of the molecule is O=S(=O)(c1ccc(OCCCOc2ccccc2)cc1)N1CCCCC1. The van der Waals surface area contributed by atoms with Crippen LogP contribution in [0, 0.1) is 0 Å². The van der Waals surface area contributed by atoms with Gasteiger partial charge in [0.25, 0.3) is 0 Å². The topological polar surface area (TPSA) is 55.8 Å². The van der Waals surface area contributed by atoms with Crippen molar-refractivity contribution in [2.75, 3.05) is 26.3 Å². The van der Waals surface area contributed by atoms with Gasteiger partial charge in [-0.1, -0.05) is 24.6 Å². The van der Waals surface area contributed by atoms with E-state index in [1.54, 1.807) is 28.6 Å². The van der Waals surface area contributed by atoms with Crippen LogP contribution in [0.4, 0.5) is 0 Å². The van der Waals surface area contributed by atoms with E-state index in [2.05, 4.69) is 0 Å². The molecule has 2 aromatic rings. The first kappa shape index (κ1) is 18.7. The van der Waals surface area contributed by atoms with Crippen LogP contribution in [0.1, 0.15) is 25.7 Å². The molecule has 3 rings (SSSR count). The van der Waals surface area contributed by atoms with Crippen molar-refractivity contribution < 1.29 is 17.9 Å². The third kappa shape index (κ3) is 4.99. The Labute approximate surface area is 155 Å². The van der Waals surface area contributed by atoms with E-state index in [1.807, 2.05) is 30.3 Å². The van der Waals surface area contributed by atoms with Crippen molar-refractivity contribution in [1.29, 1.82) is 0 Å². The van der Waals surface area contributed by atoms with Crippen molar-refractivity contribution in [2.45, 2.75) is 30.6 Å². The maximum Gasteiger partial charge on any atom is 0.243 e. The lowest BCUT2D eigenvalue weighted by atomic mass is 10.2. The van der Waals surface area contributed by atoms with E-state index < -0.39 is 10.0 Å². The quantitative estimate of drug-likeness (QED) is 0.660. The standard InChI is InChI=1S/C20H25NO4S/c22-26(23,21-14-5-2-6-15-21)20-12-10-19(11-13-20)25-17-7-16-24-18-8-3-1-4-9-18/h1,3-4,8-13H,2,5-7,14-17H2. The summed E-state index contributed by atoms with van der Waals surface area (Å²) in [4.78, 5) is 0.333. The maximum atomic E-state index is 12.6. The highest BCUT2D eigenvalue weighted by atomic mass is 32.2. The molecule has 1 saturated heterocycles. The Kier molecular flexibility index (Phi) is 6.52. The molecule has 0 radical (unpaired) electrons. The highest BCUT2D eigenvalue weighted by Gasteiger charge is 2.25. The fraction of sp³-hybridized carbons (Fsp3) is 0.400. The van der Waals surface area contributed by atoms with Crippen LogP contribution in [0.25, 0.3) is 0 Å². The van der Waals surface area contributed by atoms with E-state index >= 15 is 0 Å². The van der Waals surface area contributed by atoms with Crippen LogP contribution >= 0.6 is 0 Å². The molecular formula is C20H25NO4S.